The minimum absolute atomic E-state index is 0.174. The third-order valence-corrected chi connectivity index (χ3v) is 4.73. The number of nitrogens with one attached hydrogen (secondary N) is 1. The second kappa shape index (κ2) is 6.14. The van der Waals surface area contributed by atoms with Crippen molar-refractivity contribution in [1.82, 2.24) is 15.2 Å². The SMILES string of the molecule is CCCC1(C(=O)N(Cc2ccccn2)C2CC2)CCNC1. The highest BCUT2D eigenvalue weighted by atomic mass is 16.2. The fourth-order valence-corrected chi connectivity index (χ4v) is 3.45. The van der Waals surface area contributed by atoms with E-state index in [1.54, 1.807) is 0 Å². The number of hydrogen-bond acceptors (Lipinski definition) is 3. The highest BCUT2D eigenvalue weighted by molar-refractivity contribution is 5.84. The van der Waals surface area contributed by atoms with Crippen LogP contribution in [-0.2, 0) is 11.3 Å². The summed E-state index contributed by atoms with van der Waals surface area (Å²) in [5.41, 5.74) is 0.821. The lowest BCUT2D eigenvalue weighted by Crippen LogP contribution is -2.46. The molecule has 0 aromatic carbocycles. The molecule has 1 amide bonds. The highest BCUT2D eigenvalue weighted by Crippen LogP contribution is 2.38. The summed E-state index contributed by atoms with van der Waals surface area (Å²) in [6.45, 7) is 4.64. The maximum Gasteiger partial charge on any atom is 0.230 e. The molecule has 1 saturated carbocycles. The monoisotopic (exact) mass is 287 g/mol. The molecule has 0 radical (unpaired) electrons. The topological polar surface area (TPSA) is 45.2 Å². The lowest BCUT2D eigenvalue weighted by molar-refractivity contribution is -0.143. The van der Waals surface area contributed by atoms with Gasteiger partial charge in [-0.3, -0.25) is 9.78 Å². The molecule has 4 nitrogen and oxygen atoms in total. The van der Waals surface area contributed by atoms with Gasteiger partial charge in [-0.15, -0.1) is 0 Å². The average Bonchev–Trinajstić information content (AvgIpc) is 3.24. The first-order valence-corrected chi connectivity index (χ1v) is 8.17. The van der Waals surface area contributed by atoms with E-state index >= 15 is 0 Å². The van der Waals surface area contributed by atoms with Crippen molar-refractivity contribution < 1.29 is 4.79 Å². The zero-order valence-electron chi connectivity index (χ0n) is 12.8. The third kappa shape index (κ3) is 3.10. The molecule has 1 N–H and O–H groups in total. The molecule has 1 aliphatic heterocycles. The van der Waals surface area contributed by atoms with Gasteiger partial charge in [0.2, 0.25) is 5.91 Å². The quantitative estimate of drug-likeness (QED) is 0.873. The number of nitrogens with zero attached hydrogens (tertiary/aromatic N) is 2. The van der Waals surface area contributed by atoms with Crippen molar-refractivity contribution in [2.75, 3.05) is 13.1 Å². The Bertz CT molecular complexity index is 478. The molecule has 114 valence electrons. The van der Waals surface area contributed by atoms with Crippen LogP contribution in [0.1, 0.15) is 44.7 Å². The first-order valence-electron chi connectivity index (χ1n) is 8.17. The van der Waals surface area contributed by atoms with Crippen LogP contribution in [0.2, 0.25) is 0 Å². The van der Waals surface area contributed by atoms with Crippen LogP contribution in [0, 0.1) is 5.41 Å². The number of pyridine rings is 1. The van der Waals surface area contributed by atoms with Crippen LogP contribution in [0.25, 0.3) is 0 Å². The van der Waals surface area contributed by atoms with Gasteiger partial charge in [-0.25, -0.2) is 0 Å². The van der Waals surface area contributed by atoms with Gasteiger partial charge in [0, 0.05) is 18.8 Å². The van der Waals surface area contributed by atoms with E-state index in [9.17, 15) is 4.79 Å². The molecular formula is C17H25N3O. The summed E-state index contributed by atoms with van der Waals surface area (Å²) in [4.78, 5) is 19.7. The summed E-state index contributed by atoms with van der Waals surface area (Å²) >= 11 is 0. The summed E-state index contributed by atoms with van der Waals surface area (Å²) in [6.07, 6.45) is 7.14. The van der Waals surface area contributed by atoms with Gasteiger partial charge in [0.25, 0.3) is 0 Å². The number of carbonyl (C=O) groups is 1. The molecule has 1 aromatic rings. The Labute approximate surface area is 126 Å². The van der Waals surface area contributed by atoms with Crippen LogP contribution in [0.5, 0.6) is 0 Å². The summed E-state index contributed by atoms with van der Waals surface area (Å²) < 4.78 is 0. The molecule has 21 heavy (non-hydrogen) atoms. The summed E-state index contributed by atoms with van der Waals surface area (Å²) in [7, 11) is 0. The number of amides is 1. The van der Waals surface area contributed by atoms with Crippen LogP contribution in [0.3, 0.4) is 0 Å². The highest BCUT2D eigenvalue weighted by Gasteiger charge is 2.46. The lowest BCUT2D eigenvalue weighted by Gasteiger charge is -2.34. The third-order valence-electron chi connectivity index (χ3n) is 4.73. The second-order valence-corrected chi connectivity index (χ2v) is 6.44. The zero-order chi connectivity index (χ0) is 14.7. The van der Waals surface area contributed by atoms with Gasteiger partial charge in [0.05, 0.1) is 17.7 Å². The number of hydrogen-bond donors (Lipinski definition) is 1. The van der Waals surface area contributed by atoms with Gasteiger partial charge >= 0.3 is 0 Å². The van der Waals surface area contributed by atoms with Gasteiger partial charge in [-0.1, -0.05) is 19.4 Å². The van der Waals surface area contributed by atoms with E-state index in [2.05, 4.69) is 22.1 Å². The Hall–Kier alpha value is -1.42. The summed E-state index contributed by atoms with van der Waals surface area (Å²) in [5, 5.41) is 3.39. The molecule has 2 heterocycles. The predicted octanol–water partition coefficient (Wildman–Crippen LogP) is 2.35. The zero-order valence-corrected chi connectivity index (χ0v) is 12.8. The fourth-order valence-electron chi connectivity index (χ4n) is 3.45. The maximum atomic E-state index is 13.2. The number of rotatable bonds is 6. The van der Waals surface area contributed by atoms with Crippen molar-refractivity contribution in [3.63, 3.8) is 0 Å². The normalized spacial score (nSPS) is 25.0. The van der Waals surface area contributed by atoms with Gasteiger partial charge < -0.3 is 10.2 Å². The van der Waals surface area contributed by atoms with E-state index in [1.165, 1.54) is 0 Å². The standard InChI is InChI=1S/C17H25N3O/c1-2-8-17(9-11-18-13-17)16(21)20(15-6-7-15)12-14-5-3-4-10-19-14/h3-5,10,15,18H,2,6-9,11-13H2,1H3. The molecule has 1 aliphatic carbocycles. The van der Waals surface area contributed by atoms with E-state index in [0.29, 0.717) is 18.5 Å². The molecular weight excluding hydrogens is 262 g/mol. The van der Waals surface area contributed by atoms with Crippen molar-refractivity contribution in [3.8, 4) is 0 Å². The van der Waals surface area contributed by atoms with E-state index in [4.69, 9.17) is 0 Å². The minimum Gasteiger partial charge on any atom is -0.333 e. The lowest BCUT2D eigenvalue weighted by atomic mass is 9.81. The Morgan fingerprint density at radius 2 is 2.33 bits per heavy atom. The van der Waals surface area contributed by atoms with E-state index in [1.807, 2.05) is 24.4 Å². The molecule has 2 aliphatic rings. The molecule has 1 atom stereocenters. The molecule has 3 rings (SSSR count). The Morgan fingerprint density at radius 3 is 2.90 bits per heavy atom. The van der Waals surface area contributed by atoms with Gasteiger partial charge in [-0.05, 0) is 44.4 Å². The van der Waals surface area contributed by atoms with Crippen molar-refractivity contribution in [2.45, 2.75) is 51.6 Å². The fraction of sp³-hybridized carbons (Fsp3) is 0.647. The number of aromatic nitrogens is 1. The van der Waals surface area contributed by atoms with Crippen LogP contribution in [-0.4, -0.2) is 34.9 Å². The van der Waals surface area contributed by atoms with E-state index in [0.717, 1.165) is 50.9 Å². The number of carbonyl (C=O) groups excluding carboxylic acids is 1. The molecule has 1 saturated heterocycles. The molecule has 4 heteroatoms. The second-order valence-electron chi connectivity index (χ2n) is 6.44. The van der Waals surface area contributed by atoms with Crippen molar-refractivity contribution >= 4 is 5.91 Å². The molecule has 2 fully saturated rings. The summed E-state index contributed by atoms with van der Waals surface area (Å²) in [6, 6.07) is 6.37. The molecule has 1 unspecified atom stereocenters. The Morgan fingerprint density at radius 1 is 1.48 bits per heavy atom. The van der Waals surface area contributed by atoms with Crippen LogP contribution in [0.15, 0.2) is 24.4 Å². The maximum absolute atomic E-state index is 13.2. The Kier molecular flexibility index (Phi) is 4.24. The van der Waals surface area contributed by atoms with E-state index in [-0.39, 0.29) is 5.41 Å². The van der Waals surface area contributed by atoms with Crippen LogP contribution in [0.4, 0.5) is 0 Å². The van der Waals surface area contributed by atoms with Crippen molar-refractivity contribution in [1.29, 1.82) is 0 Å². The van der Waals surface area contributed by atoms with E-state index < -0.39 is 0 Å². The minimum atomic E-state index is -0.174. The van der Waals surface area contributed by atoms with Gasteiger partial charge in [0.1, 0.15) is 0 Å². The summed E-state index contributed by atoms with van der Waals surface area (Å²) in [5.74, 6) is 0.350. The largest absolute Gasteiger partial charge is 0.333 e. The van der Waals surface area contributed by atoms with Crippen molar-refractivity contribution in [3.05, 3.63) is 30.1 Å². The first kappa shape index (κ1) is 14.5. The van der Waals surface area contributed by atoms with Gasteiger partial charge in [-0.2, -0.15) is 0 Å². The molecule has 1 aromatic heterocycles. The van der Waals surface area contributed by atoms with Gasteiger partial charge in [0.15, 0.2) is 0 Å². The van der Waals surface area contributed by atoms with Crippen LogP contribution < -0.4 is 5.32 Å². The predicted molar refractivity (Wildman–Crippen MR) is 82.6 cm³/mol. The smallest absolute Gasteiger partial charge is 0.230 e. The Balaban J connectivity index is 1.78. The molecule has 0 bridgehead atoms. The van der Waals surface area contributed by atoms with Crippen molar-refractivity contribution in [2.24, 2.45) is 5.41 Å². The average molecular weight is 287 g/mol. The first-order chi connectivity index (χ1) is 10.2. The van der Waals surface area contributed by atoms with Crippen LogP contribution >= 0.6 is 0 Å². The molecule has 0 spiro atoms.